The number of carbonyl (C=O) groups excluding carboxylic acids is 3. The lowest BCUT2D eigenvalue weighted by molar-refractivity contribution is -0.139. The summed E-state index contributed by atoms with van der Waals surface area (Å²) in [5, 5.41) is 21.0. The number of methoxy groups -OCH3 is 1. The number of aromatic nitrogens is 1. The average Bonchev–Trinajstić information content (AvgIpc) is 3.01. The number of hydrogen-bond acceptors (Lipinski definition) is 8. The van der Waals surface area contributed by atoms with Crippen LogP contribution >= 0.6 is 0 Å². The number of anilines is 2. The van der Waals surface area contributed by atoms with Gasteiger partial charge in [0, 0.05) is 55.4 Å². The minimum absolute atomic E-state index is 0.0370. The van der Waals surface area contributed by atoms with Crippen LogP contribution in [0.1, 0.15) is 55.5 Å². The lowest BCUT2D eigenvalue weighted by Crippen LogP contribution is -2.42. The number of pyridine rings is 1. The SMILES string of the molecule is COc1ccnc(NCCCOc2ccc(C[C@H](NC(=O)c3cccc(NC(=O)CCCC(=O)NC(C)C)c3)C(=O)O)cc2)c1. The van der Waals surface area contributed by atoms with Gasteiger partial charge in [0.15, 0.2) is 0 Å². The van der Waals surface area contributed by atoms with Crippen molar-refractivity contribution < 1.29 is 33.8 Å². The van der Waals surface area contributed by atoms with E-state index in [4.69, 9.17) is 9.47 Å². The lowest BCUT2D eigenvalue weighted by Gasteiger charge is -2.16. The van der Waals surface area contributed by atoms with Gasteiger partial charge in [-0.2, -0.15) is 0 Å². The van der Waals surface area contributed by atoms with E-state index in [1.165, 1.54) is 12.1 Å². The number of hydrogen-bond donors (Lipinski definition) is 5. The van der Waals surface area contributed by atoms with Crippen molar-refractivity contribution >= 4 is 35.2 Å². The van der Waals surface area contributed by atoms with Gasteiger partial charge in [-0.25, -0.2) is 9.78 Å². The van der Waals surface area contributed by atoms with Crippen molar-refractivity contribution in [3.8, 4) is 11.5 Å². The van der Waals surface area contributed by atoms with Crippen LogP contribution in [0.25, 0.3) is 0 Å². The van der Waals surface area contributed by atoms with E-state index in [0.29, 0.717) is 42.4 Å². The third kappa shape index (κ3) is 12.6. The molecule has 0 spiro atoms. The Morgan fingerprint density at radius 2 is 1.64 bits per heavy atom. The molecule has 0 aliphatic carbocycles. The van der Waals surface area contributed by atoms with Crippen molar-refractivity contribution in [3.63, 3.8) is 0 Å². The first-order chi connectivity index (χ1) is 21.6. The Morgan fingerprint density at radius 3 is 2.36 bits per heavy atom. The largest absolute Gasteiger partial charge is 0.497 e. The number of amides is 3. The molecule has 0 unspecified atom stereocenters. The fourth-order valence-corrected chi connectivity index (χ4v) is 4.28. The van der Waals surface area contributed by atoms with Crippen LogP contribution < -0.4 is 30.7 Å². The first-order valence-electron chi connectivity index (χ1n) is 14.8. The van der Waals surface area contributed by atoms with Gasteiger partial charge in [0.1, 0.15) is 23.4 Å². The standard InChI is InChI=1S/C33H41N5O7/c1-22(2)36-30(39)9-5-10-31(40)37-25-8-4-7-24(20-25)32(41)38-28(33(42)43)19-23-11-13-26(14-12-23)45-18-6-16-34-29-21-27(44-3)15-17-35-29/h4,7-8,11-15,17,20-22,28H,5-6,9-10,16,18-19H2,1-3H3,(H,34,35)(H,36,39)(H,37,40)(H,38,41)(H,42,43)/t28-/m0/s1. The Balaban J connectivity index is 1.44. The van der Waals surface area contributed by atoms with Crippen LogP contribution in [0.15, 0.2) is 66.9 Å². The Labute approximate surface area is 262 Å². The van der Waals surface area contributed by atoms with Gasteiger partial charge in [0.25, 0.3) is 5.91 Å². The molecule has 3 aromatic rings. The van der Waals surface area contributed by atoms with Gasteiger partial charge < -0.3 is 35.8 Å². The van der Waals surface area contributed by atoms with Crippen LogP contribution in [-0.2, 0) is 20.8 Å². The maximum Gasteiger partial charge on any atom is 0.326 e. The molecular weight excluding hydrogens is 578 g/mol. The molecule has 0 aliphatic rings. The molecule has 0 saturated heterocycles. The van der Waals surface area contributed by atoms with E-state index >= 15 is 0 Å². The second kappa shape index (κ2) is 17.9. The number of carbonyl (C=O) groups is 4. The minimum atomic E-state index is -1.17. The van der Waals surface area contributed by atoms with E-state index in [-0.39, 0.29) is 42.7 Å². The van der Waals surface area contributed by atoms with Crippen molar-refractivity contribution in [2.45, 2.75) is 58.0 Å². The Morgan fingerprint density at radius 1 is 0.889 bits per heavy atom. The smallest absolute Gasteiger partial charge is 0.326 e. The maximum absolute atomic E-state index is 12.9. The van der Waals surface area contributed by atoms with Gasteiger partial charge in [-0.05, 0) is 68.7 Å². The number of benzene rings is 2. The summed E-state index contributed by atoms with van der Waals surface area (Å²) in [6.45, 7) is 4.86. The van der Waals surface area contributed by atoms with E-state index in [9.17, 15) is 24.3 Å². The zero-order valence-electron chi connectivity index (χ0n) is 25.8. The molecule has 3 amide bonds. The third-order valence-electron chi connectivity index (χ3n) is 6.50. The van der Waals surface area contributed by atoms with Crippen LogP contribution in [0.2, 0.25) is 0 Å². The molecule has 3 rings (SSSR count). The number of carboxylic acids is 1. The topological polar surface area (TPSA) is 168 Å². The fourth-order valence-electron chi connectivity index (χ4n) is 4.28. The van der Waals surface area contributed by atoms with Gasteiger partial charge in [-0.15, -0.1) is 0 Å². The van der Waals surface area contributed by atoms with Gasteiger partial charge >= 0.3 is 5.97 Å². The summed E-state index contributed by atoms with van der Waals surface area (Å²) in [7, 11) is 1.60. The normalized spacial score (nSPS) is 11.3. The highest BCUT2D eigenvalue weighted by atomic mass is 16.5. The van der Waals surface area contributed by atoms with Gasteiger partial charge in [-0.3, -0.25) is 14.4 Å². The summed E-state index contributed by atoms with van der Waals surface area (Å²) < 4.78 is 11.0. The molecule has 12 heteroatoms. The molecule has 240 valence electrons. The molecule has 0 fully saturated rings. The van der Waals surface area contributed by atoms with Crippen LogP contribution in [0.5, 0.6) is 11.5 Å². The molecule has 12 nitrogen and oxygen atoms in total. The molecule has 5 N–H and O–H groups in total. The van der Waals surface area contributed by atoms with Crippen LogP contribution in [0, 0.1) is 0 Å². The summed E-state index contributed by atoms with van der Waals surface area (Å²) in [5.41, 5.74) is 1.31. The predicted octanol–water partition coefficient (Wildman–Crippen LogP) is 4.03. The molecule has 0 saturated carbocycles. The quantitative estimate of drug-likeness (QED) is 0.132. The monoisotopic (exact) mass is 619 g/mol. The van der Waals surface area contributed by atoms with E-state index in [1.54, 1.807) is 55.8 Å². The van der Waals surface area contributed by atoms with Crippen molar-refractivity contribution in [2.24, 2.45) is 0 Å². The lowest BCUT2D eigenvalue weighted by atomic mass is 10.0. The van der Waals surface area contributed by atoms with Crippen LogP contribution in [0.3, 0.4) is 0 Å². The predicted molar refractivity (Wildman–Crippen MR) is 171 cm³/mol. The zero-order chi connectivity index (χ0) is 32.6. The number of rotatable bonds is 18. The summed E-state index contributed by atoms with van der Waals surface area (Å²) >= 11 is 0. The summed E-state index contributed by atoms with van der Waals surface area (Å²) in [4.78, 5) is 53.2. The highest BCUT2D eigenvalue weighted by molar-refractivity contribution is 5.99. The van der Waals surface area contributed by atoms with Gasteiger partial charge in [0.2, 0.25) is 11.8 Å². The van der Waals surface area contributed by atoms with Crippen LogP contribution in [0.4, 0.5) is 11.5 Å². The first kappa shape index (κ1) is 34.4. The van der Waals surface area contributed by atoms with Gasteiger partial charge in [0.05, 0.1) is 13.7 Å². The Bertz CT molecular complexity index is 1430. The van der Waals surface area contributed by atoms with Crippen molar-refractivity contribution in [1.29, 1.82) is 0 Å². The molecule has 1 aromatic heterocycles. The number of aliphatic carboxylic acids is 1. The number of ether oxygens (including phenoxy) is 2. The third-order valence-corrected chi connectivity index (χ3v) is 6.50. The van der Waals surface area contributed by atoms with E-state index in [1.807, 2.05) is 19.9 Å². The molecule has 2 aromatic carbocycles. The minimum Gasteiger partial charge on any atom is -0.497 e. The summed E-state index contributed by atoms with van der Waals surface area (Å²) in [5.74, 6) is -0.0727. The average molecular weight is 620 g/mol. The van der Waals surface area contributed by atoms with E-state index in [0.717, 1.165) is 12.2 Å². The molecule has 45 heavy (non-hydrogen) atoms. The molecule has 1 heterocycles. The van der Waals surface area contributed by atoms with Crippen LogP contribution in [-0.4, -0.2) is 66.1 Å². The number of carboxylic acid groups (broad SMARTS) is 1. The van der Waals surface area contributed by atoms with E-state index < -0.39 is 17.9 Å². The molecule has 0 bridgehead atoms. The number of nitrogens with zero attached hydrogens (tertiary/aromatic N) is 1. The highest BCUT2D eigenvalue weighted by Crippen LogP contribution is 2.16. The molecule has 0 radical (unpaired) electrons. The second-order valence-electron chi connectivity index (χ2n) is 10.6. The molecule has 1 atom stereocenters. The first-order valence-corrected chi connectivity index (χ1v) is 14.8. The zero-order valence-corrected chi connectivity index (χ0v) is 25.8. The van der Waals surface area contributed by atoms with Crippen molar-refractivity contribution in [2.75, 3.05) is 30.9 Å². The number of nitrogens with one attached hydrogen (secondary N) is 4. The summed E-state index contributed by atoms with van der Waals surface area (Å²) in [6.07, 6.45) is 3.24. The second-order valence-corrected chi connectivity index (χ2v) is 10.6. The van der Waals surface area contributed by atoms with Crippen molar-refractivity contribution in [3.05, 3.63) is 78.0 Å². The highest BCUT2D eigenvalue weighted by Gasteiger charge is 2.21. The Kier molecular flexibility index (Phi) is 13.6. The van der Waals surface area contributed by atoms with E-state index in [2.05, 4.69) is 26.3 Å². The van der Waals surface area contributed by atoms with Gasteiger partial charge in [-0.1, -0.05) is 18.2 Å². The Hall–Kier alpha value is -5.13. The molecular formula is C33H41N5O7. The molecule has 0 aliphatic heterocycles. The maximum atomic E-state index is 12.9. The fraction of sp³-hybridized carbons (Fsp3) is 0.364. The summed E-state index contributed by atoms with van der Waals surface area (Å²) in [6, 6.07) is 15.7. The van der Waals surface area contributed by atoms with Crippen molar-refractivity contribution in [1.82, 2.24) is 15.6 Å².